The van der Waals surface area contributed by atoms with Crippen LogP contribution in [0.3, 0.4) is 0 Å². The van der Waals surface area contributed by atoms with Crippen molar-refractivity contribution in [3.8, 4) is 6.07 Å². The summed E-state index contributed by atoms with van der Waals surface area (Å²) in [7, 11) is 0. The van der Waals surface area contributed by atoms with E-state index in [2.05, 4.69) is 16.9 Å². The molecular weight excluding hydrogens is 417 g/mol. The molecule has 1 aliphatic heterocycles. The number of carboxylic acid groups (broad SMARTS) is 1. The number of nitriles is 1. The summed E-state index contributed by atoms with van der Waals surface area (Å²) in [4.78, 5) is 10.8. The number of hydrazine groups is 1. The van der Waals surface area contributed by atoms with Gasteiger partial charge >= 0.3 is 5.97 Å². The molecule has 0 bridgehead atoms. The van der Waals surface area contributed by atoms with Crippen LogP contribution in [-0.4, -0.2) is 11.1 Å². The van der Waals surface area contributed by atoms with Crippen molar-refractivity contribution in [2.45, 2.75) is 19.9 Å². The molecule has 3 N–H and O–H groups in total. The van der Waals surface area contributed by atoms with Crippen LogP contribution in [0.4, 0.5) is 10.1 Å². The molecule has 5 nitrogen and oxygen atoms in total. The second-order valence-corrected chi connectivity index (χ2v) is 7.66. The lowest BCUT2D eigenvalue weighted by Gasteiger charge is -2.18. The van der Waals surface area contributed by atoms with Gasteiger partial charge in [-0.15, -0.1) is 0 Å². The monoisotopic (exact) mass is 439 g/mol. The highest BCUT2D eigenvalue weighted by Gasteiger charge is 2.18. The van der Waals surface area contributed by atoms with Gasteiger partial charge in [-0.05, 0) is 70.2 Å². The first-order chi connectivity index (χ1) is 16.0. The van der Waals surface area contributed by atoms with E-state index in [0.717, 1.165) is 45.2 Å². The lowest BCUT2D eigenvalue weighted by Crippen LogP contribution is -2.10. The number of carboxylic acids is 1. The van der Waals surface area contributed by atoms with Crippen LogP contribution in [0, 0.1) is 17.1 Å². The van der Waals surface area contributed by atoms with Crippen LogP contribution >= 0.6 is 0 Å². The van der Waals surface area contributed by atoms with Gasteiger partial charge in [0.15, 0.2) is 0 Å². The van der Waals surface area contributed by atoms with Crippen LogP contribution < -0.4 is 10.9 Å². The van der Waals surface area contributed by atoms with E-state index in [4.69, 9.17) is 10.4 Å². The zero-order valence-corrected chi connectivity index (χ0v) is 18.0. The highest BCUT2D eigenvalue weighted by Crippen LogP contribution is 2.37. The Morgan fingerprint density at radius 2 is 1.88 bits per heavy atom. The Morgan fingerprint density at radius 1 is 1.12 bits per heavy atom. The van der Waals surface area contributed by atoms with Gasteiger partial charge in [-0.25, -0.2) is 14.6 Å². The number of benzene rings is 3. The van der Waals surface area contributed by atoms with Gasteiger partial charge < -0.3 is 10.5 Å². The minimum atomic E-state index is -1.01. The van der Waals surface area contributed by atoms with Crippen LogP contribution in [0.15, 0.2) is 66.7 Å². The second kappa shape index (κ2) is 9.51. The number of nitrogens with zero attached hydrogens (tertiary/aromatic N) is 1. The van der Waals surface area contributed by atoms with E-state index in [0.29, 0.717) is 18.5 Å². The van der Waals surface area contributed by atoms with Gasteiger partial charge in [0.25, 0.3) is 0 Å². The van der Waals surface area contributed by atoms with E-state index in [1.165, 1.54) is 12.1 Å². The number of fused-ring (bicyclic) bond motifs is 1. The molecule has 0 unspecified atom stereocenters. The minimum absolute atomic E-state index is 0.275. The molecule has 1 heterocycles. The molecule has 33 heavy (non-hydrogen) atoms. The van der Waals surface area contributed by atoms with Gasteiger partial charge in [0.05, 0.1) is 17.3 Å². The number of hydrogen-bond acceptors (Lipinski definition) is 4. The first kappa shape index (κ1) is 22.0. The second-order valence-electron chi connectivity index (χ2n) is 7.66. The van der Waals surface area contributed by atoms with Crippen molar-refractivity contribution >= 4 is 28.9 Å². The van der Waals surface area contributed by atoms with Crippen LogP contribution in [0.1, 0.15) is 46.7 Å². The quantitative estimate of drug-likeness (QED) is 0.344. The van der Waals surface area contributed by atoms with Gasteiger partial charge in [0, 0.05) is 18.2 Å². The zero-order chi connectivity index (χ0) is 23.4. The molecule has 3 aromatic rings. The first-order valence-electron chi connectivity index (χ1n) is 10.6. The molecule has 1 aliphatic rings. The van der Waals surface area contributed by atoms with Gasteiger partial charge in [-0.3, -0.25) is 0 Å². The summed E-state index contributed by atoms with van der Waals surface area (Å²) in [5, 5.41) is 18.0. The smallest absolute Gasteiger partial charge is 0.328 e. The number of carbonyl (C=O) groups is 1. The van der Waals surface area contributed by atoms with Crippen molar-refractivity contribution in [1.29, 1.82) is 5.26 Å². The van der Waals surface area contributed by atoms with Gasteiger partial charge in [-0.1, -0.05) is 43.3 Å². The van der Waals surface area contributed by atoms with E-state index in [9.17, 15) is 4.79 Å². The third kappa shape index (κ3) is 4.69. The standard InChI is InChI=1S/C27H22FN3O2/c1-2-22(23-10-5-18(15-29)13-24(23)28)27(20-9-11-25-21(14-20)16-30-31-25)19-7-3-17(4-8-19)6-12-26(32)33/h3-14,30-31H,2,16H2,1H3,(H,32,33)/b12-6+,27-22+. The summed E-state index contributed by atoms with van der Waals surface area (Å²) in [6, 6.07) is 20.1. The predicted molar refractivity (Wildman–Crippen MR) is 127 cm³/mol. The molecule has 0 fully saturated rings. The van der Waals surface area contributed by atoms with Crippen molar-refractivity contribution in [2.75, 3.05) is 5.43 Å². The van der Waals surface area contributed by atoms with Gasteiger partial charge in [0.2, 0.25) is 0 Å². The van der Waals surface area contributed by atoms with Crippen molar-refractivity contribution in [3.63, 3.8) is 0 Å². The minimum Gasteiger partial charge on any atom is -0.478 e. The summed E-state index contributed by atoms with van der Waals surface area (Å²) in [5.74, 6) is -1.45. The summed E-state index contributed by atoms with van der Waals surface area (Å²) in [6.07, 6.45) is 3.20. The lowest BCUT2D eigenvalue weighted by atomic mass is 9.86. The highest BCUT2D eigenvalue weighted by molar-refractivity contribution is 5.99. The average molecular weight is 439 g/mol. The summed E-state index contributed by atoms with van der Waals surface area (Å²) in [5.41, 5.74) is 13.4. The molecule has 164 valence electrons. The summed E-state index contributed by atoms with van der Waals surface area (Å²) < 4.78 is 15.1. The number of hydrogen-bond donors (Lipinski definition) is 3. The molecule has 0 atom stereocenters. The Balaban J connectivity index is 1.91. The molecule has 0 amide bonds. The molecule has 6 heteroatoms. The SMILES string of the molecule is CC/C(=C(/c1ccc(/C=C/C(=O)O)cc1)c1ccc2c(c1)CNN2)c1ccc(C#N)cc1F. The molecule has 0 aliphatic carbocycles. The average Bonchev–Trinajstić information content (AvgIpc) is 3.30. The number of nitrogens with one attached hydrogen (secondary N) is 2. The molecule has 0 spiro atoms. The van der Waals surface area contributed by atoms with E-state index < -0.39 is 11.8 Å². The topological polar surface area (TPSA) is 85.2 Å². The Labute approximate surface area is 191 Å². The Kier molecular flexibility index (Phi) is 6.34. The van der Waals surface area contributed by atoms with Crippen LogP contribution in [0.5, 0.6) is 0 Å². The molecule has 3 aromatic carbocycles. The summed E-state index contributed by atoms with van der Waals surface area (Å²) in [6.45, 7) is 2.66. The van der Waals surface area contributed by atoms with Gasteiger partial charge in [0.1, 0.15) is 5.82 Å². The predicted octanol–water partition coefficient (Wildman–Crippen LogP) is 5.59. The molecular formula is C27H22FN3O2. The molecule has 0 saturated heterocycles. The fourth-order valence-corrected chi connectivity index (χ4v) is 4.03. The molecule has 0 saturated carbocycles. The van der Waals surface area contributed by atoms with E-state index in [1.807, 2.05) is 49.4 Å². The highest BCUT2D eigenvalue weighted by atomic mass is 19.1. The fraction of sp³-hybridized carbons (Fsp3) is 0.111. The number of allylic oxidation sites excluding steroid dienone is 1. The van der Waals surface area contributed by atoms with Crippen LogP contribution in [-0.2, 0) is 11.3 Å². The fourth-order valence-electron chi connectivity index (χ4n) is 4.03. The maximum absolute atomic E-state index is 15.1. The Morgan fingerprint density at radius 3 is 2.55 bits per heavy atom. The largest absolute Gasteiger partial charge is 0.478 e. The molecule has 0 radical (unpaired) electrons. The van der Waals surface area contributed by atoms with Crippen molar-refractivity contribution in [2.24, 2.45) is 0 Å². The van der Waals surface area contributed by atoms with E-state index >= 15 is 4.39 Å². The van der Waals surface area contributed by atoms with Crippen LogP contribution in [0.2, 0.25) is 0 Å². The number of halogens is 1. The van der Waals surface area contributed by atoms with E-state index in [-0.39, 0.29) is 5.56 Å². The normalized spacial score (nSPS) is 13.2. The molecule has 0 aromatic heterocycles. The van der Waals surface area contributed by atoms with Crippen molar-refractivity contribution in [3.05, 3.63) is 106 Å². The number of anilines is 1. The van der Waals surface area contributed by atoms with Crippen LogP contribution in [0.25, 0.3) is 17.2 Å². The Hall–Kier alpha value is -4.21. The Bertz CT molecular complexity index is 1320. The summed E-state index contributed by atoms with van der Waals surface area (Å²) >= 11 is 0. The third-order valence-corrected chi connectivity index (χ3v) is 5.59. The van der Waals surface area contributed by atoms with E-state index in [1.54, 1.807) is 12.1 Å². The lowest BCUT2D eigenvalue weighted by molar-refractivity contribution is -0.131. The third-order valence-electron chi connectivity index (χ3n) is 5.59. The maximum Gasteiger partial charge on any atom is 0.328 e. The maximum atomic E-state index is 15.1. The van der Waals surface area contributed by atoms with Crippen molar-refractivity contribution < 1.29 is 14.3 Å². The zero-order valence-electron chi connectivity index (χ0n) is 18.0. The first-order valence-corrected chi connectivity index (χ1v) is 10.6. The molecule has 4 rings (SSSR count). The van der Waals surface area contributed by atoms with Gasteiger partial charge in [-0.2, -0.15) is 5.26 Å². The van der Waals surface area contributed by atoms with Crippen molar-refractivity contribution in [1.82, 2.24) is 5.43 Å². The number of rotatable bonds is 6. The number of aliphatic carboxylic acids is 1.